The molecule has 0 fully saturated rings. The van der Waals surface area contributed by atoms with Crippen LogP contribution in [-0.2, 0) is 0 Å². The number of nitrogens with two attached hydrogens (primary N) is 1. The SMILES string of the molecule is Cc1ccc(Cl)c(C(=O)Nc2cccc([C@@H](C)Oc3cc(Cl)cnc3N)c2)c1. The summed E-state index contributed by atoms with van der Waals surface area (Å²) in [5, 5.41) is 3.71. The first-order chi connectivity index (χ1) is 13.3. The molecule has 0 spiro atoms. The number of amides is 1. The zero-order valence-corrected chi connectivity index (χ0v) is 16.9. The largest absolute Gasteiger partial charge is 0.482 e. The van der Waals surface area contributed by atoms with Gasteiger partial charge in [0.15, 0.2) is 11.6 Å². The van der Waals surface area contributed by atoms with Gasteiger partial charge >= 0.3 is 0 Å². The second-order valence-electron chi connectivity index (χ2n) is 6.36. The van der Waals surface area contributed by atoms with Crippen molar-refractivity contribution in [3.05, 3.63) is 81.5 Å². The number of nitrogen functional groups attached to an aromatic ring is 1. The highest BCUT2D eigenvalue weighted by Crippen LogP contribution is 2.29. The molecule has 7 heteroatoms. The Morgan fingerprint density at radius 2 is 1.96 bits per heavy atom. The number of aromatic nitrogens is 1. The number of halogens is 2. The molecular weight excluding hydrogens is 397 g/mol. The summed E-state index contributed by atoms with van der Waals surface area (Å²) in [4.78, 5) is 16.6. The van der Waals surface area contributed by atoms with E-state index in [2.05, 4.69) is 10.3 Å². The predicted octanol–water partition coefficient (Wildman–Crippen LogP) is 5.67. The maximum Gasteiger partial charge on any atom is 0.257 e. The van der Waals surface area contributed by atoms with E-state index in [1.54, 1.807) is 24.3 Å². The number of aryl methyl sites for hydroxylation is 1. The van der Waals surface area contributed by atoms with Crippen molar-refractivity contribution in [2.24, 2.45) is 0 Å². The van der Waals surface area contributed by atoms with Gasteiger partial charge in [0.05, 0.1) is 15.6 Å². The molecule has 1 atom stereocenters. The molecule has 0 saturated heterocycles. The number of hydrogen-bond donors (Lipinski definition) is 2. The fourth-order valence-electron chi connectivity index (χ4n) is 2.66. The van der Waals surface area contributed by atoms with Crippen molar-refractivity contribution >= 4 is 40.6 Å². The Labute approximate surface area is 173 Å². The third-order valence-electron chi connectivity index (χ3n) is 4.13. The van der Waals surface area contributed by atoms with Crippen molar-refractivity contribution in [1.29, 1.82) is 0 Å². The van der Waals surface area contributed by atoms with E-state index < -0.39 is 0 Å². The van der Waals surface area contributed by atoms with Crippen LogP contribution < -0.4 is 15.8 Å². The smallest absolute Gasteiger partial charge is 0.257 e. The lowest BCUT2D eigenvalue weighted by molar-refractivity contribution is 0.102. The van der Waals surface area contributed by atoms with Crippen LogP contribution in [0.4, 0.5) is 11.5 Å². The Kier molecular flexibility index (Phi) is 6.07. The second kappa shape index (κ2) is 8.50. The van der Waals surface area contributed by atoms with Gasteiger partial charge in [-0.2, -0.15) is 0 Å². The van der Waals surface area contributed by atoms with E-state index in [1.807, 2.05) is 38.1 Å². The van der Waals surface area contributed by atoms with Gasteiger partial charge in [0.1, 0.15) is 6.10 Å². The Morgan fingerprint density at radius 3 is 2.75 bits per heavy atom. The summed E-state index contributed by atoms with van der Waals surface area (Å²) < 4.78 is 5.89. The minimum atomic E-state index is -0.332. The summed E-state index contributed by atoms with van der Waals surface area (Å²) in [6.45, 7) is 3.78. The molecule has 0 aliphatic rings. The maximum atomic E-state index is 12.6. The fraction of sp³-hybridized carbons (Fsp3) is 0.143. The first-order valence-electron chi connectivity index (χ1n) is 8.58. The molecule has 28 heavy (non-hydrogen) atoms. The molecule has 1 heterocycles. The summed E-state index contributed by atoms with van der Waals surface area (Å²) in [5.74, 6) is 0.387. The van der Waals surface area contributed by atoms with Crippen molar-refractivity contribution in [3.63, 3.8) is 0 Å². The van der Waals surface area contributed by atoms with Gasteiger partial charge in [-0.25, -0.2) is 4.98 Å². The van der Waals surface area contributed by atoms with Gasteiger partial charge in [0.25, 0.3) is 5.91 Å². The van der Waals surface area contributed by atoms with E-state index in [1.165, 1.54) is 6.20 Å². The van der Waals surface area contributed by atoms with E-state index in [9.17, 15) is 4.79 Å². The summed E-state index contributed by atoms with van der Waals surface area (Å²) in [6, 6.07) is 14.3. The van der Waals surface area contributed by atoms with Gasteiger partial charge in [-0.1, -0.05) is 47.0 Å². The van der Waals surface area contributed by atoms with Crippen LogP contribution >= 0.6 is 23.2 Å². The van der Waals surface area contributed by atoms with Gasteiger partial charge in [-0.3, -0.25) is 4.79 Å². The molecule has 144 valence electrons. The molecule has 3 rings (SSSR count). The molecule has 0 aliphatic heterocycles. The van der Waals surface area contributed by atoms with Crippen molar-refractivity contribution in [1.82, 2.24) is 4.98 Å². The van der Waals surface area contributed by atoms with Crippen LogP contribution in [-0.4, -0.2) is 10.9 Å². The number of carbonyl (C=O) groups is 1. The van der Waals surface area contributed by atoms with Crippen LogP contribution in [0, 0.1) is 6.92 Å². The molecule has 0 unspecified atom stereocenters. The van der Waals surface area contributed by atoms with Gasteiger partial charge in [0, 0.05) is 18.0 Å². The molecule has 5 nitrogen and oxygen atoms in total. The lowest BCUT2D eigenvalue weighted by atomic mass is 10.1. The average molecular weight is 416 g/mol. The zero-order valence-electron chi connectivity index (χ0n) is 15.4. The predicted molar refractivity (Wildman–Crippen MR) is 113 cm³/mol. The fourth-order valence-corrected chi connectivity index (χ4v) is 3.02. The maximum absolute atomic E-state index is 12.6. The molecular formula is C21H19Cl2N3O2. The highest BCUT2D eigenvalue weighted by atomic mass is 35.5. The number of rotatable bonds is 5. The van der Waals surface area contributed by atoms with Crippen LogP contribution in [0.25, 0.3) is 0 Å². The quantitative estimate of drug-likeness (QED) is 0.562. The molecule has 0 saturated carbocycles. The third-order valence-corrected chi connectivity index (χ3v) is 4.67. The number of pyridine rings is 1. The summed E-state index contributed by atoms with van der Waals surface area (Å²) in [7, 11) is 0. The van der Waals surface area contributed by atoms with Crippen LogP contribution in [0.1, 0.15) is 34.5 Å². The van der Waals surface area contributed by atoms with Crippen LogP contribution in [0.2, 0.25) is 10.0 Å². The number of anilines is 2. The Morgan fingerprint density at radius 1 is 1.18 bits per heavy atom. The molecule has 0 bridgehead atoms. The van der Waals surface area contributed by atoms with Gasteiger partial charge < -0.3 is 15.8 Å². The summed E-state index contributed by atoms with van der Waals surface area (Å²) in [5.41, 5.74) is 8.71. The van der Waals surface area contributed by atoms with E-state index in [4.69, 9.17) is 33.7 Å². The standard InChI is InChI=1S/C21H19Cl2N3O2/c1-12-6-7-18(23)17(8-12)21(27)26-16-5-3-4-14(9-16)13(2)28-19-10-15(22)11-25-20(19)24/h3-11,13H,1-2H3,(H2,24,25)(H,26,27)/t13-/m1/s1. The van der Waals surface area contributed by atoms with E-state index in [-0.39, 0.29) is 17.8 Å². The normalized spacial score (nSPS) is 11.7. The van der Waals surface area contributed by atoms with Crippen LogP contribution in [0.3, 0.4) is 0 Å². The molecule has 3 aromatic rings. The van der Waals surface area contributed by atoms with Gasteiger partial charge in [0.2, 0.25) is 0 Å². The molecule has 3 N–H and O–H groups in total. The number of nitrogens with zero attached hydrogens (tertiary/aromatic N) is 1. The van der Waals surface area contributed by atoms with E-state index in [0.717, 1.165) is 11.1 Å². The van der Waals surface area contributed by atoms with Crippen molar-refractivity contribution < 1.29 is 9.53 Å². The Bertz CT molecular complexity index is 1020. The van der Waals surface area contributed by atoms with Gasteiger partial charge in [-0.05, 0) is 43.7 Å². The van der Waals surface area contributed by atoms with Gasteiger partial charge in [-0.15, -0.1) is 0 Å². The van der Waals surface area contributed by atoms with E-state index >= 15 is 0 Å². The average Bonchev–Trinajstić information content (AvgIpc) is 2.66. The summed E-state index contributed by atoms with van der Waals surface area (Å²) in [6.07, 6.45) is 1.13. The third kappa shape index (κ3) is 4.74. The molecule has 0 aliphatic carbocycles. The molecule has 1 aromatic heterocycles. The Balaban J connectivity index is 1.77. The highest BCUT2D eigenvalue weighted by molar-refractivity contribution is 6.34. The van der Waals surface area contributed by atoms with Crippen molar-refractivity contribution in [2.45, 2.75) is 20.0 Å². The molecule has 0 radical (unpaired) electrons. The minimum Gasteiger partial charge on any atom is -0.482 e. The number of ether oxygens (including phenoxy) is 1. The Hall–Kier alpha value is -2.76. The first-order valence-corrected chi connectivity index (χ1v) is 9.34. The van der Waals surface area contributed by atoms with Crippen LogP contribution in [0.5, 0.6) is 5.75 Å². The number of hydrogen-bond acceptors (Lipinski definition) is 4. The lowest BCUT2D eigenvalue weighted by Gasteiger charge is -2.17. The molecule has 2 aromatic carbocycles. The van der Waals surface area contributed by atoms with E-state index in [0.29, 0.717) is 27.0 Å². The second-order valence-corrected chi connectivity index (χ2v) is 7.20. The highest BCUT2D eigenvalue weighted by Gasteiger charge is 2.14. The number of nitrogens with one attached hydrogen (secondary N) is 1. The number of benzene rings is 2. The number of carbonyl (C=O) groups excluding carboxylic acids is 1. The van der Waals surface area contributed by atoms with Crippen molar-refractivity contribution in [3.8, 4) is 5.75 Å². The monoisotopic (exact) mass is 415 g/mol. The lowest BCUT2D eigenvalue weighted by Crippen LogP contribution is -2.13. The zero-order chi connectivity index (χ0) is 20.3. The minimum absolute atomic E-state index is 0.259. The summed E-state index contributed by atoms with van der Waals surface area (Å²) >= 11 is 12.1. The first kappa shape index (κ1) is 20.0. The topological polar surface area (TPSA) is 77.2 Å². The van der Waals surface area contributed by atoms with Crippen LogP contribution in [0.15, 0.2) is 54.7 Å². The van der Waals surface area contributed by atoms with Crippen molar-refractivity contribution in [2.75, 3.05) is 11.1 Å². The molecule has 1 amide bonds.